The van der Waals surface area contributed by atoms with E-state index >= 15 is 4.39 Å². The van der Waals surface area contributed by atoms with Gasteiger partial charge in [-0.1, -0.05) is 0 Å². The molecule has 210 valence electrons. The lowest BCUT2D eigenvalue weighted by Crippen LogP contribution is -2.29. The van der Waals surface area contributed by atoms with E-state index in [0.29, 0.717) is 35.8 Å². The second-order valence-corrected chi connectivity index (χ2v) is 8.95. The highest BCUT2D eigenvalue weighted by Crippen LogP contribution is 2.34. The molecule has 0 bridgehead atoms. The summed E-state index contributed by atoms with van der Waals surface area (Å²) in [5, 5.41) is 17.3. The number of nitrogens with one attached hydrogen (secondary N) is 3. The van der Waals surface area contributed by atoms with Crippen LogP contribution in [0, 0.1) is 11.6 Å². The van der Waals surface area contributed by atoms with Crippen molar-refractivity contribution in [2.75, 3.05) is 23.8 Å². The molecule has 0 fully saturated rings. The number of H-pyrrole nitrogens is 1. The van der Waals surface area contributed by atoms with Crippen molar-refractivity contribution in [3.05, 3.63) is 94.5 Å². The number of aromatic nitrogens is 5. The molecular weight excluding hydrogens is 536 g/mol. The summed E-state index contributed by atoms with van der Waals surface area (Å²) in [5.41, 5.74) is -0.133. The van der Waals surface area contributed by atoms with Crippen LogP contribution in [0.15, 0.2) is 71.8 Å². The molecule has 0 saturated heterocycles. The normalized spacial score (nSPS) is 11.8. The Balaban J connectivity index is 1.34. The fourth-order valence-electron chi connectivity index (χ4n) is 4.01. The zero-order valence-electron chi connectivity index (χ0n) is 22.0. The van der Waals surface area contributed by atoms with Crippen LogP contribution in [0.25, 0.3) is 16.7 Å². The summed E-state index contributed by atoms with van der Waals surface area (Å²) >= 11 is 0. The van der Waals surface area contributed by atoms with Gasteiger partial charge in [-0.15, -0.1) is 0 Å². The van der Waals surface area contributed by atoms with Gasteiger partial charge < -0.3 is 20.1 Å². The van der Waals surface area contributed by atoms with Gasteiger partial charge in [0.05, 0.1) is 12.3 Å². The Bertz CT molecular complexity index is 1760. The van der Waals surface area contributed by atoms with Gasteiger partial charge in [-0.2, -0.15) is 14.9 Å². The van der Waals surface area contributed by atoms with Crippen molar-refractivity contribution >= 4 is 28.4 Å². The van der Waals surface area contributed by atoms with Crippen LogP contribution in [-0.2, 0) is 4.74 Å². The Morgan fingerprint density at radius 1 is 1.07 bits per heavy atom. The van der Waals surface area contributed by atoms with Crippen LogP contribution in [0.2, 0.25) is 0 Å². The maximum absolute atomic E-state index is 15.1. The number of pyridine rings is 1. The first-order chi connectivity index (χ1) is 19.8. The van der Waals surface area contributed by atoms with E-state index in [1.54, 1.807) is 6.07 Å². The fourth-order valence-corrected chi connectivity index (χ4v) is 4.01. The lowest BCUT2D eigenvalue weighted by molar-refractivity contribution is 0.102. The highest BCUT2D eigenvalue weighted by molar-refractivity contribution is 6.04. The van der Waals surface area contributed by atoms with Crippen molar-refractivity contribution in [3.63, 3.8) is 0 Å². The number of aromatic amines is 1. The monoisotopic (exact) mass is 561 g/mol. The second kappa shape index (κ2) is 11.9. The van der Waals surface area contributed by atoms with Crippen LogP contribution in [0.1, 0.15) is 24.2 Å². The Labute approximate surface area is 232 Å². The third-order valence-electron chi connectivity index (χ3n) is 5.95. The summed E-state index contributed by atoms with van der Waals surface area (Å²) in [5.74, 6) is -1.33. The number of carbonyl (C=O) groups is 1. The number of fused-ring (bicyclic) bond motifs is 1. The molecule has 11 nitrogen and oxygen atoms in total. The molecule has 0 saturated carbocycles. The molecule has 3 heterocycles. The van der Waals surface area contributed by atoms with Gasteiger partial charge in [-0.05, 0) is 56.3 Å². The van der Waals surface area contributed by atoms with E-state index in [0.717, 1.165) is 10.7 Å². The summed E-state index contributed by atoms with van der Waals surface area (Å²) in [4.78, 5) is 30.0. The van der Waals surface area contributed by atoms with E-state index < -0.39 is 23.1 Å². The number of halogens is 2. The van der Waals surface area contributed by atoms with Gasteiger partial charge in [-0.25, -0.2) is 13.8 Å². The molecule has 0 aliphatic carbocycles. The van der Waals surface area contributed by atoms with Gasteiger partial charge in [0.2, 0.25) is 0 Å². The van der Waals surface area contributed by atoms with Gasteiger partial charge in [0.1, 0.15) is 22.5 Å². The predicted octanol–water partition coefficient (Wildman–Crippen LogP) is 4.66. The highest BCUT2D eigenvalue weighted by Gasteiger charge is 2.18. The number of ether oxygens (including phenoxy) is 2. The molecule has 0 aliphatic rings. The second-order valence-electron chi connectivity index (χ2n) is 8.95. The number of anilines is 2. The third-order valence-corrected chi connectivity index (χ3v) is 5.95. The molecule has 13 heteroatoms. The Morgan fingerprint density at radius 2 is 1.88 bits per heavy atom. The van der Waals surface area contributed by atoms with Crippen molar-refractivity contribution in [1.29, 1.82) is 0 Å². The summed E-state index contributed by atoms with van der Waals surface area (Å²) < 4.78 is 40.7. The summed E-state index contributed by atoms with van der Waals surface area (Å²) in [6.45, 7) is 4.88. The van der Waals surface area contributed by atoms with Gasteiger partial charge in [0, 0.05) is 42.9 Å². The van der Waals surface area contributed by atoms with Crippen LogP contribution in [0.3, 0.4) is 0 Å². The van der Waals surface area contributed by atoms with Crippen LogP contribution in [0.5, 0.6) is 11.5 Å². The minimum atomic E-state index is -0.771. The zero-order chi connectivity index (χ0) is 28.9. The van der Waals surface area contributed by atoms with E-state index in [4.69, 9.17) is 9.47 Å². The number of carbonyl (C=O) groups excluding carboxylic acids is 1. The number of amides is 1. The molecule has 1 unspecified atom stereocenters. The first-order valence-electron chi connectivity index (χ1n) is 12.6. The lowest BCUT2D eigenvalue weighted by Gasteiger charge is -2.14. The van der Waals surface area contributed by atoms with E-state index in [-0.39, 0.29) is 28.7 Å². The van der Waals surface area contributed by atoms with E-state index in [2.05, 4.69) is 30.9 Å². The standard InChI is InChI=1S/C28H25F2N7O4/c1-3-40-15-16(2)33-26-24-23(11-12-31-25(24)35-36-26)41-22-9-6-18(14-21(22)30)34-27(38)20-10-13-32-37(28(20)39)19-7-4-17(29)5-8-19/h4-14,16H,3,15H2,1-2H3,(H,34,38)(H2,31,33,35,36). The zero-order valence-corrected chi connectivity index (χ0v) is 22.0. The number of hydrogen-bond acceptors (Lipinski definition) is 8. The van der Waals surface area contributed by atoms with Crippen LogP contribution >= 0.6 is 0 Å². The van der Waals surface area contributed by atoms with E-state index in [9.17, 15) is 14.0 Å². The Hall–Kier alpha value is -5.17. The smallest absolute Gasteiger partial charge is 0.284 e. The molecular formula is C28H25F2N7O4. The van der Waals surface area contributed by atoms with Crippen molar-refractivity contribution in [2.45, 2.75) is 19.9 Å². The first kappa shape index (κ1) is 27.4. The largest absolute Gasteiger partial charge is 0.453 e. The first-order valence-corrected chi connectivity index (χ1v) is 12.6. The third kappa shape index (κ3) is 6.04. The molecule has 1 atom stereocenters. The number of rotatable bonds is 10. The molecule has 0 aliphatic heterocycles. The quantitative estimate of drug-likeness (QED) is 0.224. The Morgan fingerprint density at radius 3 is 2.63 bits per heavy atom. The van der Waals surface area contributed by atoms with Crippen molar-refractivity contribution in [3.8, 4) is 17.2 Å². The molecule has 2 aromatic carbocycles. The number of hydrogen-bond donors (Lipinski definition) is 3. The van der Waals surface area contributed by atoms with Crippen LogP contribution in [0.4, 0.5) is 20.3 Å². The van der Waals surface area contributed by atoms with Crippen molar-refractivity contribution in [2.24, 2.45) is 0 Å². The van der Waals surface area contributed by atoms with E-state index in [1.165, 1.54) is 54.9 Å². The van der Waals surface area contributed by atoms with Gasteiger partial charge in [0.25, 0.3) is 11.5 Å². The number of nitrogens with zero attached hydrogens (tertiary/aromatic N) is 4. The van der Waals surface area contributed by atoms with Crippen LogP contribution in [-0.4, -0.2) is 50.1 Å². The molecule has 5 rings (SSSR count). The molecule has 3 N–H and O–H groups in total. The van der Waals surface area contributed by atoms with Crippen molar-refractivity contribution in [1.82, 2.24) is 25.0 Å². The lowest BCUT2D eigenvalue weighted by atomic mass is 10.2. The molecule has 0 radical (unpaired) electrons. The molecule has 41 heavy (non-hydrogen) atoms. The highest BCUT2D eigenvalue weighted by atomic mass is 19.1. The van der Waals surface area contributed by atoms with Gasteiger partial charge in [-0.3, -0.25) is 14.7 Å². The maximum Gasteiger partial charge on any atom is 0.284 e. The SMILES string of the molecule is CCOCC(C)Nc1n[nH]c2nccc(Oc3ccc(NC(=O)c4ccnn(-c5ccc(F)cc5)c4=O)cc3F)c12. The minimum Gasteiger partial charge on any atom is -0.453 e. The van der Waals surface area contributed by atoms with Gasteiger partial charge in [0.15, 0.2) is 23.0 Å². The maximum atomic E-state index is 15.1. The molecule has 3 aromatic heterocycles. The average molecular weight is 562 g/mol. The summed E-state index contributed by atoms with van der Waals surface area (Å²) in [6, 6.07) is 11.7. The molecule has 1 amide bonds. The topological polar surface area (TPSA) is 136 Å². The number of benzene rings is 2. The Kier molecular flexibility index (Phi) is 7.97. The van der Waals surface area contributed by atoms with Crippen LogP contribution < -0.4 is 20.9 Å². The summed E-state index contributed by atoms with van der Waals surface area (Å²) in [7, 11) is 0. The van der Waals surface area contributed by atoms with E-state index in [1.807, 2.05) is 13.8 Å². The van der Waals surface area contributed by atoms with Crippen molar-refractivity contribution < 1.29 is 23.0 Å². The molecule has 5 aromatic rings. The average Bonchev–Trinajstić information content (AvgIpc) is 3.37. The van der Waals surface area contributed by atoms with Gasteiger partial charge >= 0.3 is 0 Å². The summed E-state index contributed by atoms with van der Waals surface area (Å²) in [6.07, 6.45) is 2.77. The fraction of sp³-hybridized carbons (Fsp3) is 0.179. The minimum absolute atomic E-state index is 0.0608. The molecule has 0 spiro atoms. The predicted molar refractivity (Wildman–Crippen MR) is 148 cm³/mol.